The number of nitrogens with one attached hydrogen (secondary N) is 2. The highest BCUT2D eigenvalue weighted by Crippen LogP contribution is 2.24. The fourth-order valence-corrected chi connectivity index (χ4v) is 4.41. The molecule has 2 N–H and O–H groups in total. The largest absolute Gasteiger partial charge is 0.467 e. The zero-order chi connectivity index (χ0) is 25.6. The summed E-state index contributed by atoms with van der Waals surface area (Å²) in [6.45, 7) is 2.24. The first-order chi connectivity index (χ1) is 18.0. The minimum absolute atomic E-state index is 0.0891. The number of carbonyl (C=O) groups excluding carboxylic acids is 2. The second-order valence-electron chi connectivity index (χ2n) is 8.87. The van der Waals surface area contributed by atoms with Crippen LogP contribution in [0.1, 0.15) is 34.9 Å². The van der Waals surface area contributed by atoms with Gasteiger partial charge in [-0.05, 0) is 74.5 Å². The van der Waals surface area contributed by atoms with Gasteiger partial charge in [-0.3, -0.25) is 14.5 Å². The molecule has 2 aromatic carbocycles. The fourth-order valence-electron chi connectivity index (χ4n) is 4.28. The summed E-state index contributed by atoms with van der Waals surface area (Å²) >= 11 is 5.94. The molecule has 4 aromatic rings. The number of piperidine rings is 1. The number of benzene rings is 2. The minimum Gasteiger partial charge on any atom is -0.467 e. The van der Waals surface area contributed by atoms with Gasteiger partial charge in [0.15, 0.2) is 0 Å². The van der Waals surface area contributed by atoms with Gasteiger partial charge < -0.3 is 19.6 Å². The van der Waals surface area contributed by atoms with Crippen molar-refractivity contribution in [1.82, 2.24) is 20.4 Å². The summed E-state index contributed by atoms with van der Waals surface area (Å²) in [5.41, 5.74) is 1.74. The molecule has 3 heterocycles. The Morgan fingerprint density at radius 2 is 1.81 bits per heavy atom. The summed E-state index contributed by atoms with van der Waals surface area (Å²) < 4.78 is 10.7. The van der Waals surface area contributed by atoms with E-state index < -0.39 is 0 Å². The lowest BCUT2D eigenvalue weighted by Gasteiger charge is -2.30. The Morgan fingerprint density at radius 1 is 1.03 bits per heavy atom. The maximum absolute atomic E-state index is 13.0. The first kappa shape index (κ1) is 24.7. The van der Waals surface area contributed by atoms with E-state index in [2.05, 4.69) is 25.7 Å². The summed E-state index contributed by atoms with van der Waals surface area (Å²) in [4.78, 5) is 32.4. The van der Waals surface area contributed by atoms with Crippen LogP contribution in [0.5, 0.6) is 0 Å². The third kappa shape index (κ3) is 6.25. The molecule has 2 amide bonds. The van der Waals surface area contributed by atoms with Crippen molar-refractivity contribution in [3.8, 4) is 11.4 Å². The first-order valence-electron chi connectivity index (χ1n) is 12.1. The van der Waals surface area contributed by atoms with Crippen molar-refractivity contribution >= 4 is 29.1 Å². The molecule has 0 unspecified atom stereocenters. The monoisotopic (exact) mass is 519 g/mol. The number of hydrogen-bond acceptors (Lipinski definition) is 7. The summed E-state index contributed by atoms with van der Waals surface area (Å²) in [5, 5.41) is 10.5. The molecule has 0 radical (unpaired) electrons. The second kappa shape index (κ2) is 11.4. The third-order valence-electron chi connectivity index (χ3n) is 6.32. The smallest absolute Gasteiger partial charge is 0.253 e. The number of aromatic nitrogens is 2. The molecule has 0 aliphatic carbocycles. The summed E-state index contributed by atoms with van der Waals surface area (Å²) in [6, 6.07) is 17.8. The molecule has 37 heavy (non-hydrogen) atoms. The predicted molar refractivity (Wildman–Crippen MR) is 138 cm³/mol. The lowest BCUT2D eigenvalue weighted by molar-refractivity contribution is -0.121. The van der Waals surface area contributed by atoms with Crippen LogP contribution >= 0.6 is 11.6 Å². The molecule has 0 bridgehead atoms. The van der Waals surface area contributed by atoms with E-state index in [9.17, 15) is 9.59 Å². The van der Waals surface area contributed by atoms with Crippen molar-refractivity contribution in [2.75, 3.05) is 18.4 Å². The van der Waals surface area contributed by atoms with Crippen LogP contribution in [0.4, 0.5) is 5.69 Å². The van der Waals surface area contributed by atoms with Crippen molar-refractivity contribution in [2.24, 2.45) is 5.92 Å². The van der Waals surface area contributed by atoms with Crippen molar-refractivity contribution < 1.29 is 18.5 Å². The number of rotatable bonds is 8. The van der Waals surface area contributed by atoms with Crippen LogP contribution in [0.15, 0.2) is 75.9 Å². The normalized spacial score (nSPS) is 14.4. The number of carbonyl (C=O) groups is 2. The number of nitrogens with zero attached hydrogens (tertiary/aromatic N) is 3. The van der Waals surface area contributed by atoms with Gasteiger partial charge in [-0.25, -0.2) is 0 Å². The zero-order valence-electron chi connectivity index (χ0n) is 20.0. The Kier molecular flexibility index (Phi) is 7.62. The van der Waals surface area contributed by atoms with E-state index in [1.165, 1.54) is 0 Å². The Morgan fingerprint density at radius 3 is 2.57 bits per heavy atom. The van der Waals surface area contributed by atoms with Crippen molar-refractivity contribution in [1.29, 1.82) is 0 Å². The number of halogens is 1. The quantitative estimate of drug-likeness (QED) is 0.345. The molecule has 1 saturated heterocycles. The number of likely N-dealkylation sites (tertiary alicyclic amines) is 1. The van der Waals surface area contributed by atoms with Crippen LogP contribution in [0.2, 0.25) is 5.02 Å². The van der Waals surface area contributed by atoms with Crippen molar-refractivity contribution in [3.05, 3.63) is 89.2 Å². The Balaban J connectivity index is 1.13. The zero-order valence-corrected chi connectivity index (χ0v) is 20.8. The molecular formula is C27H26ClN5O4. The van der Waals surface area contributed by atoms with Crippen LogP contribution in [0.25, 0.3) is 11.4 Å². The average Bonchev–Trinajstić information content (AvgIpc) is 3.61. The highest BCUT2D eigenvalue weighted by atomic mass is 35.5. The van der Waals surface area contributed by atoms with Gasteiger partial charge in [-0.1, -0.05) is 28.9 Å². The molecule has 2 aromatic heterocycles. The van der Waals surface area contributed by atoms with E-state index in [1.54, 1.807) is 54.8 Å². The number of anilines is 1. The molecule has 10 heteroatoms. The van der Waals surface area contributed by atoms with E-state index in [0.717, 1.165) is 18.7 Å². The molecule has 1 aliphatic rings. The SMILES string of the molecule is O=C(NCc1ccco1)c1ccccc1NC(=O)C1CCN(Cc2nc(-c3ccc(Cl)cc3)no2)CC1. The van der Waals surface area contributed by atoms with E-state index in [1.807, 2.05) is 12.1 Å². The Hall–Kier alpha value is -3.95. The number of hydrogen-bond donors (Lipinski definition) is 2. The topological polar surface area (TPSA) is 114 Å². The third-order valence-corrected chi connectivity index (χ3v) is 6.57. The van der Waals surface area contributed by atoms with Crippen LogP contribution < -0.4 is 10.6 Å². The Bertz CT molecular complexity index is 1350. The highest BCUT2D eigenvalue weighted by Gasteiger charge is 2.27. The van der Waals surface area contributed by atoms with E-state index >= 15 is 0 Å². The molecule has 5 rings (SSSR count). The maximum Gasteiger partial charge on any atom is 0.253 e. The molecule has 9 nitrogen and oxygen atoms in total. The van der Waals surface area contributed by atoms with E-state index in [-0.39, 0.29) is 24.3 Å². The Labute approximate surface area is 218 Å². The summed E-state index contributed by atoms with van der Waals surface area (Å²) in [7, 11) is 0. The number of amides is 2. The van der Waals surface area contributed by atoms with Crippen LogP contribution in [-0.2, 0) is 17.9 Å². The molecule has 0 spiro atoms. The highest BCUT2D eigenvalue weighted by molar-refractivity contribution is 6.30. The molecule has 0 saturated carbocycles. The van der Waals surface area contributed by atoms with E-state index in [0.29, 0.717) is 53.1 Å². The average molecular weight is 520 g/mol. The van der Waals surface area contributed by atoms with Gasteiger partial charge in [0.2, 0.25) is 17.6 Å². The molecule has 1 aliphatic heterocycles. The molecule has 1 fully saturated rings. The molecule has 190 valence electrons. The van der Waals surface area contributed by atoms with Gasteiger partial charge >= 0.3 is 0 Å². The predicted octanol–water partition coefficient (Wildman–Crippen LogP) is 4.76. The lowest BCUT2D eigenvalue weighted by atomic mass is 9.95. The van der Waals surface area contributed by atoms with Gasteiger partial charge in [0, 0.05) is 16.5 Å². The van der Waals surface area contributed by atoms with Gasteiger partial charge in [-0.2, -0.15) is 4.98 Å². The molecular weight excluding hydrogens is 494 g/mol. The minimum atomic E-state index is -0.278. The second-order valence-corrected chi connectivity index (χ2v) is 9.30. The maximum atomic E-state index is 13.0. The van der Waals surface area contributed by atoms with Crippen molar-refractivity contribution in [2.45, 2.75) is 25.9 Å². The van der Waals surface area contributed by atoms with Crippen LogP contribution in [0.3, 0.4) is 0 Å². The standard InChI is InChI=1S/C27H26ClN5O4/c28-20-9-7-18(8-10-20)25-31-24(37-32-25)17-33-13-11-19(12-14-33)26(34)30-23-6-2-1-5-22(23)27(35)29-16-21-4-3-15-36-21/h1-10,15,19H,11-14,16-17H2,(H,29,35)(H,30,34). The first-order valence-corrected chi connectivity index (χ1v) is 12.4. The fraction of sp³-hybridized carbons (Fsp3) is 0.259. The lowest BCUT2D eigenvalue weighted by Crippen LogP contribution is -2.38. The number of furan rings is 1. The van der Waals surface area contributed by atoms with Crippen LogP contribution in [0, 0.1) is 5.92 Å². The number of para-hydroxylation sites is 1. The van der Waals surface area contributed by atoms with E-state index in [4.69, 9.17) is 20.5 Å². The summed E-state index contributed by atoms with van der Waals surface area (Å²) in [6.07, 6.45) is 2.94. The van der Waals surface area contributed by atoms with Gasteiger partial charge in [0.1, 0.15) is 5.76 Å². The van der Waals surface area contributed by atoms with Gasteiger partial charge in [-0.15, -0.1) is 0 Å². The molecule has 0 atom stereocenters. The van der Waals surface area contributed by atoms with Gasteiger partial charge in [0.25, 0.3) is 5.91 Å². The van der Waals surface area contributed by atoms with Crippen LogP contribution in [-0.4, -0.2) is 39.9 Å². The van der Waals surface area contributed by atoms with Gasteiger partial charge in [0.05, 0.1) is 30.6 Å². The van der Waals surface area contributed by atoms with Crippen molar-refractivity contribution in [3.63, 3.8) is 0 Å². The summed E-state index contributed by atoms with van der Waals surface area (Å²) in [5.74, 6) is 1.19.